The number of hydrogen-bond acceptors (Lipinski definition) is 4. The molecule has 0 saturated heterocycles. The smallest absolute Gasteiger partial charge is 0.331 e. The minimum absolute atomic E-state index is 0.0195. The third kappa shape index (κ3) is 14.0. The molecule has 4 heteroatoms. The average molecular weight is 449 g/mol. The van der Waals surface area contributed by atoms with E-state index in [2.05, 4.69) is 0 Å². The van der Waals surface area contributed by atoms with Crippen LogP contribution >= 0.6 is 0 Å². The van der Waals surface area contributed by atoms with Crippen molar-refractivity contribution in [3.63, 3.8) is 0 Å². The molecule has 2 rings (SSSR count). The highest BCUT2D eigenvalue weighted by Crippen LogP contribution is 2.20. The third-order valence-corrected chi connectivity index (χ3v) is 7.03. The topological polar surface area (TPSA) is 52.6 Å². The molecule has 0 atom stereocenters. The van der Waals surface area contributed by atoms with Gasteiger partial charge in [-0.05, 0) is 51.4 Å². The normalized spacial score (nSPS) is 22.6. The van der Waals surface area contributed by atoms with Crippen LogP contribution in [0.2, 0.25) is 0 Å². The number of hydrogen-bond donors (Lipinski definition) is 0. The Balaban J connectivity index is 1.73. The van der Waals surface area contributed by atoms with Crippen molar-refractivity contribution in [1.82, 2.24) is 0 Å². The van der Waals surface area contributed by atoms with Crippen LogP contribution in [-0.4, -0.2) is 24.1 Å². The summed E-state index contributed by atoms with van der Waals surface area (Å²) in [6.07, 6.45) is 28.8. The Kier molecular flexibility index (Phi) is 15.3. The van der Waals surface area contributed by atoms with Crippen LogP contribution in [-0.2, 0) is 19.1 Å². The summed E-state index contributed by atoms with van der Waals surface area (Å²) in [5.74, 6) is -0.810. The Morgan fingerprint density at radius 1 is 0.406 bits per heavy atom. The molecule has 0 radical (unpaired) electrons. The first-order chi connectivity index (χ1) is 15.7. The van der Waals surface area contributed by atoms with E-state index in [9.17, 15) is 9.59 Å². The standard InChI is InChI=1S/C28H48O4/c29-27(31-25-19-15-11-7-3-1-4-8-12-16-20-25)23-24-28(30)32-26-21-17-13-9-5-2-6-10-14-18-22-26/h23-26H,1-22H2. The molecular weight excluding hydrogens is 400 g/mol. The van der Waals surface area contributed by atoms with E-state index in [1.165, 1.54) is 102 Å². The predicted octanol–water partition coefficient (Wildman–Crippen LogP) is 7.98. The lowest BCUT2D eigenvalue weighted by molar-refractivity contribution is -0.146. The lowest BCUT2D eigenvalue weighted by atomic mass is 9.99. The van der Waals surface area contributed by atoms with Gasteiger partial charge in [-0.1, -0.05) is 89.9 Å². The van der Waals surface area contributed by atoms with Crippen molar-refractivity contribution in [2.24, 2.45) is 0 Å². The van der Waals surface area contributed by atoms with E-state index in [-0.39, 0.29) is 12.2 Å². The van der Waals surface area contributed by atoms with E-state index in [1.54, 1.807) is 0 Å². The van der Waals surface area contributed by atoms with Crippen molar-refractivity contribution >= 4 is 11.9 Å². The number of esters is 2. The van der Waals surface area contributed by atoms with Crippen LogP contribution in [0, 0.1) is 0 Å². The van der Waals surface area contributed by atoms with Gasteiger partial charge in [-0.25, -0.2) is 9.59 Å². The minimum Gasteiger partial charge on any atom is -0.459 e. The molecule has 184 valence electrons. The van der Waals surface area contributed by atoms with Crippen LogP contribution in [0.5, 0.6) is 0 Å². The molecule has 0 heterocycles. The van der Waals surface area contributed by atoms with Gasteiger partial charge in [0.05, 0.1) is 0 Å². The second-order valence-corrected chi connectivity index (χ2v) is 9.97. The van der Waals surface area contributed by atoms with Gasteiger partial charge in [-0.3, -0.25) is 0 Å². The lowest BCUT2D eigenvalue weighted by Crippen LogP contribution is -2.19. The Bertz CT molecular complexity index is 458. The van der Waals surface area contributed by atoms with Crippen molar-refractivity contribution in [3.05, 3.63) is 12.2 Å². The van der Waals surface area contributed by atoms with Crippen LogP contribution < -0.4 is 0 Å². The minimum atomic E-state index is -0.405. The highest BCUT2D eigenvalue weighted by atomic mass is 16.5. The highest BCUT2D eigenvalue weighted by molar-refractivity contribution is 5.91. The molecule has 0 bridgehead atoms. The van der Waals surface area contributed by atoms with Gasteiger partial charge in [-0.2, -0.15) is 0 Å². The van der Waals surface area contributed by atoms with Gasteiger partial charge in [0.15, 0.2) is 0 Å². The Hall–Kier alpha value is -1.32. The first kappa shape index (κ1) is 26.9. The zero-order valence-corrected chi connectivity index (χ0v) is 20.5. The molecule has 0 aromatic carbocycles. The van der Waals surface area contributed by atoms with E-state index < -0.39 is 11.9 Å². The SMILES string of the molecule is O=C(C=CC(=O)OC1CCCCCCCCCCC1)OC1CCCCCCCCCCC1. The van der Waals surface area contributed by atoms with Crippen molar-refractivity contribution in [1.29, 1.82) is 0 Å². The molecule has 0 N–H and O–H groups in total. The average Bonchev–Trinajstić information content (AvgIpc) is 2.76. The second kappa shape index (κ2) is 18.1. The Morgan fingerprint density at radius 2 is 0.625 bits per heavy atom. The maximum atomic E-state index is 12.3. The summed E-state index contributed by atoms with van der Waals surface area (Å²) in [6, 6.07) is 0. The Morgan fingerprint density at radius 3 is 0.875 bits per heavy atom. The molecular formula is C28H48O4. The summed E-state index contributed by atoms with van der Waals surface area (Å²) in [4.78, 5) is 24.6. The van der Waals surface area contributed by atoms with Gasteiger partial charge in [0.2, 0.25) is 0 Å². The number of rotatable bonds is 4. The molecule has 2 fully saturated rings. The first-order valence-electron chi connectivity index (χ1n) is 13.8. The molecule has 32 heavy (non-hydrogen) atoms. The van der Waals surface area contributed by atoms with E-state index in [0.717, 1.165) is 51.4 Å². The molecule has 0 aliphatic heterocycles. The van der Waals surface area contributed by atoms with Crippen molar-refractivity contribution in [2.45, 2.75) is 153 Å². The fourth-order valence-corrected chi connectivity index (χ4v) is 5.03. The predicted molar refractivity (Wildman–Crippen MR) is 130 cm³/mol. The molecule has 0 aromatic rings. The largest absolute Gasteiger partial charge is 0.459 e. The summed E-state index contributed by atoms with van der Waals surface area (Å²) >= 11 is 0. The molecule has 4 nitrogen and oxygen atoms in total. The van der Waals surface area contributed by atoms with Crippen molar-refractivity contribution < 1.29 is 19.1 Å². The maximum absolute atomic E-state index is 12.3. The fourth-order valence-electron chi connectivity index (χ4n) is 5.03. The summed E-state index contributed by atoms with van der Waals surface area (Å²) in [7, 11) is 0. The second-order valence-electron chi connectivity index (χ2n) is 9.97. The van der Waals surface area contributed by atoms with Gasteiger partial charge in [0.1, 0.15) is 12.2 Å². The van der Waals surface area contributed by atoms with Gasteiger partial charge >= 0.3 is 11.9 Å². The zero-order valence-electron chi connectivity index (χ0n) is 20.5. The summed E-state index contributed by atoms with van der Waals surface area (Å²) in [6.45, 7) is 0. The van der Waals surface area contributed by atoms with Crippen LogP contribution in [0.4, 0.5) is 0 Å². The summed E-state index contributed by atoms with van der Waals surface area (Å²) < 4.78 is 11.4. The monoisotopic (exact) mass is 448 g/mol. The summed E-state index contributed by atoms with van der Waals surface area (Å²) in [5, 5.41) is 0. The van der Waals surface area contributed by atoms with E-state index in [0.29, 0.717) is 0 Å². The van der Waals surface area contributed by atoms with E-state index in [1.807, 2.05) is 0 Å². The van der Waals surface area contributed by atoms with Crippen molar-refractivity contribution in [2.75, 3.05) is 0 Å². The molecule has 2 aliphatic rings. The number of carbonyl (C=O) groups excluding carboxylic acids is 2. The van der Waals surface area contributed by atoms with Gasteiger partial charge in [0.25, 0.3) is 0 Å². The number of carbonyl (C=O) groups is 2. The third-order valence-electron chi connectivity index (χ3n) is 7.03. The van der Waals surface area contributed by atoms with Crippen LogP contribution in [0.15, 0.2) is 12.2 Å². The summed E-state index contributed by atoms with van der Waals surface area (Å²) in [5.41, 5.74) is 0. The van der Waals surface area contributed by atoms with E-state index in [4.69, 9.17) is 9.47 Å². The van der Waals surface area contributed by atoms with Gasteiger partial charge < -0.3 is 9.47 Å². The molecule has 0 amide bonds. The quantitative estimate of drug-likeness (QED) is 0.323. The van der Waals surface area contributed by atoms with Gasteiger partial charge in [0, 0.05) is 12.2 Å². The zero-order chi connectivity index (χ0) is 22.7. The lowest BCUT2D eigenvalue weighted by Gasteiger charge is -2.18. The first-order valence-corrected chi connectivity index (χ1v) is 13.8. The highest BCUT2D eigenvalue weighted by Gasteiger charge is 2.16. The van der Waals surface area contributed by atoms with Gasteiger partial charge in [-0.15, -0.1) is 0 Å². The maximum Gasteiger partial charge on any atom is 0.331 e. The molecule has 2 saturated carbocycles. The Labute approximate surface area is 196 Å². The fraction of sp³-hybridized carbons (Fsp3) is 0.857. The van der Waals surface area contributed by atoms with Crippen LogP contribution in [0.3, 0.4) is 0 Å². The molecule has 0 unspecified atom stereocenters. The molecule has 2 aliphatic carbocycles. The van der Waals surface area contributed by atoms with Crippen LogP contribution in [0.25, 0.3) is 0 Å². The van der Waals surface area contributed by atoms with E-state index >= 15 is 0 Å². The van der Waals surface area contributed by atoms with Crippen LogP contribution in [0.1, 0.15) is 141 Å². The van der Waals surface area contributed by atoms with Crippen molar-refractivity contribution in [3.8, 4) is 0 Å². The molecule has 0 aromatic heterocycles. The molecule has 0 spiro atoms. The number of ether oxygens (including phenoxy) is 2.